The molecule has 6 heteroatoms. The van der Waals surface area contributed by atoms with Crippen LogP contribution in [0.25, 0.3) is 0 Å². The zero-order chi connectivity index (χ0) is 21.1. The number of rotatable bonds is 7. The lowest BCUT2D eigenvalue weighted by Gasteiger charge is -2.37. The van der Waals surface area contributed by atoms with Crippen molar-refractivity contribution in [3.8, 4) is 11.5 Å². The molecule has 1 atom stereocenters. The lowest BCUT2D eigenvalue weighted by molar-refractivity contribution is -0.157. The smallest absolute Gasteiger partial charge is 0.359 e. The van der Waals surface area contributed by atoms with Gasteiger partial charge in [-0.1, -0.05) is 31.2 Å². The van der Waals surface area contributed by atoms with E-state index in [-0.39, 0.29) is 24.7 Å². The largest absolute Gasteiger partial charge is 0.510 e. The van der Waals surface area contributed by atoms with Crippen molar-refractivity contribution < 1.29 is 24.1 Å². The number of esters is 1. The van der Waals surface area contributed by atoms with Gasteiger partial charge in [-0.15, -0.1) is 0 Å². The van der Waals surface area contributed by atoms with Crippen molar-refractivity contribution in [1.82, 2.24) is 0 Å². The van der Waals surface area contributed by atoms with E-state index in [4.69, 9.17) is 14.2 Å². The molecule has 2 aliphatic heterocycles. The topological polar surface area (TPSA) is 68.2 Å². The number of carbonyl (C=O) groups excluding carboxylic acids is 1. The molecule has 6 nitrogen and oxygen atoms in total. The van der Waals surface area contributed by atoms with Crippen molar-refractivity contribution >= 4 is 11.7 Å². The maximum Gasteiger partial charge on any atom is 0.359 e. The summed E-state index contributed by atoms with van der Waals surface area (Å²) < 4.78 is 16.7. The van der Waals surface area contributed by atoms with Gasteiger partial charge in [-0.25, -0.2) is 4.79 Å². The molecule has 30 heavy (non-hydrogen) atoms. The number of hydrogen-bond donors (Lipinski definition) is 1. The number of aliphatic hydroxyl groups excluding tert-OH is 1. The number of aryl methyl sites for hydroxylation is 1. The molecule has 0 aliphatic carbocycles. The molecule has 158 valence electrons. The molecular weight excluding hydrogens is 382 g/mol. The molecule has 0 saturated carbocycles. The Balaban J connectivity index is 1.51. The summed E-state index contributed by atoms with van der Waals surface area (Å²) in [6.07, 6.45) is 2.40. The van der Waals surface area contributed by atoms with E-state index in [1.165, 1.54) is 0 Å². The number of aliphatic hydroxyl groups is 1. The predicted octanol–water partition coefficient (Wildman–Crippen LogP) is 4.74. The van der Waals surface area contributed by atoms with Crippen LogP contribution in [0.5, 0.6) is 11.5 Å². The molecule has 1 N–H and O–H groups in total. The molecule has 2 aromatic carbocycles. The number of hydrogen-bond acceptors (Lipinski definition) is 6. The van der Waals surface area contributed by atoms with Crippen LogP contribution in [0.3, 0.4) is 0 Å². The number of fused-ring (bicyclic) bond motifs is 1. The molecule has 0 saturated heterocycles. The Morgan fingerprint density at radius 3 is 2.60 bits per heavy atom. The van der Waals surface area contributed by atoms with Gasteiger partial charge in [0, 0.05) is 18.7 Å². The van der Waals surface area contributed by atoms with Crippen LogP contribution < -0.4 is 14.4 Å². The number of nitrogens with zero attached hydrogens (tertiary/aromatic N) is 1. The lowest BCUT2D eigenvalue weighted by Crippen LogP contribution is -2.43. The SMILES string of the molecule is CCCN(C1=C(O)CC(C)(CCc2ccc3c(c2)OCO3)OC1=O)c1ccccc1. The van der Waals surface area contributed by atoms with Crippen LogP contribution in [-0.2, 0) is 16.0 Å². The number of benzene rings is 2. The normalized spacial score (nSPS) is 20.3. The van der Waals surface area contributed by atoms with Gasteiger partial charge < -0.3 is 24.2 Å². The van der Waals surface area contributed by atoms with Crippen LogP contribution in [-0.4, -0.2) is 30.0 Å². The average Bonchev–Trinajstić information content (AvgIpc) is 3.20. The Hall–Kier alpha value is -3.15. The van der Waals surface area contributed by atoms with E-state index in [0.717, 1.165) is 29.2 Å². The minimum absolute atomic E-state index is 0.0803. The fraction of sp³-hybridized carbons (Fsp3) is 0.375. The predicted molar refractivity (Wildman–Crippen MR) is 114 cm³/mol. The summed E-state index contributed by atoms with van der Waals surface area (Å²) >= 11 is 0. The quantitative estimate of drug-likeness (QED) is 0.666. The first kappa shape index (κ1) is 20.1. The van der Waals surface area contributed by atoms with Gasteiger partial charge in [-0.3, -0.25) is 0 Å². The van der Waals surface area contributed by atoms with Gasteiger partial charge in [0.15, 0.2) is 17.2 Å². The monoisotopic (exact) mass is 409 g/mol. The molecule has 0 aromatic heterocycles. The molecule has 1 unspecified atom stereocenters. The van der Waals surface area contributed by atoms with E-state index in [9.17, 15) is 9.90 Å². The van der Waals surface area contributed by atoms with Gasteiger partial charge in [0.2, 0.25) is 6.79 Å². The minimum Gasteiger partial charge on any atom is -0.510 e. The fourth-order valence-corrected chi connectivity index (χ4v) is 3.98. The van der Waals surface area contributed by atoms with Crippen LogP contribution in [0.1, 0.15) is 38.7 Å². The molecule has 0 fully saturated rings. The Labute approximate surface area is 176 Å². The van der Waals surface area contributed by atoms with Crippen LogP contribution in [0.2, 0.25) is 0 Å². The molecule has 4 rings (SSSR count). The third kappa shape index (κ3) is 4.08. The molecule has 2 aromatic rings. The highest BCUT2D eigenvalue weighted by Crippen LogP contribution is 2.37. The second-order valence-electron chi connectivity index (χ2n) is 7.99. The van der Waals surface area contributed by atoms with E-state index in [1.54, 1.807) is 0 Å². The highest BCUT2D eigenvalue weighted by molar-refractivity contribution is 5.94. The van der Waals surface area contributed by atoms with Gasteiger partial charge in [-0.2, -0.15) is 0 Å². The first-order valence-corrected chi connectivity index (χ1v) is 10.4. The van der Waals surface area contributed by atoms with Crippen molar-refractivity contribution in [2.75, 3.05) is 18.2 Å². The van der Waals surface area contributed by atoms with E-state index in [1.807, 2.05) is 67.3 Å². The zero-order valence-corrected chi connectivity index (χ0v) is 17.4. The molecule has 2 aliphatic rings. The van der Waals surface area contributed by atoms with Crippen LogP contribution in [0.15, 0.2) is 60.0 Å². The van der Waals surface area contributed by atoms with Gasteiger partial charge in [0.1, 0.15) is 11.4 Å². The molecule has 0 amide bonds. The van der Waals surface area contributed by atoms with Crippen LogP contribution in [0.4, 0.5) is 5.69 Å². The van der Waals surface area contributed by atoms with Crippen molar-refractivity contribution in [2.45, 2.75) is 45.1 Å². The summed E-state index contributed by atoms with van der Waals surface area (Å²) in [5, 5.41) is 10.9. The average molecular weight is 409 g/mol. The van der Waals surface area contributed by atoms with E-state index in [2.05, 4.69) is 0 Å². The molecule has 2 heterocycles. The Bertz CT molecular complexity index is 955. The Morgan fingerprint density at radius 2 is 1.87 bits per heavy atom. The highest BCUT2D eigenvalue weighted by Gasteiger charge is 2.40. The maximum atomic E-state index is 13.0. The third-order valence-corrected chi connectivity index (χ3v) is 5.51. The molecule has 0 radical (unpaired) electrons. The number of carbonyl (C=O) groups is 1. The zero-order valence-electron chi connectivity index (χ0n) is 17.4. The van der Waals surface area contributed by atoms with Crippen molar-refractivity contribution in [2.24, 2.45) is 0 Å². The minimum atomic E-state index is -0.768. The maximum absolute atomic E-state index is 13.0. The second kappa shape index (κ2) is 8.30. The summed E-state index contributed by atoms with van der Waals surface area (Å²) in [5.74, 6) is 1.08. The third-order valence-electron chi connectivity index (χ3n) is 5.51. The first-order valence-electron chi connectivity index (χ1n) is 10.4. The van der Waals surface area contributed by atoms with Crippen molar-refractivity contribution in [3.05, 3.63) is 65.6 Å². The highest BCUT2D eigenvalue weighted by atomic mass is 16.7. The van der Waals surface area contributed by atoms with E-state index >= 15 is 0 Å². The van der Waals surface area contributed by atoms with E-state index < -0.39 is 11.6 Å². The summed E-state index contributed by atoms with van der Waals surface area (Å²) in [7, 11) is 0. The number of ether oxygens (including phenoxy) is 3. The summed E-state index contributed by atoms with van der Waals surface area (Å²) in [6.45, 7) is 4.77. The summed E-state index contributed by atoms with van der Waals surface area (Å²) in [6, 6.07) is 15.4. The standard InChI is InChI=1S/C24H27NO5/c1-3-13-25(18-7-5-4-6-8-18)22-19(26)15-24(2,30-23(22)27)12-11-17-9-10-20-21(14-17)29-16-28-20/h4-10,14,26H,3,11-13,15-16H2,1-2H3. The van der Waals surface area contributed by atoms with Gasteiger partial charge in [0.25, 0.3) is 0 Å². The molecule has 0 spiro atoms. The number of anilines is 1. The van der Waals surface area contributed by atoms with Crippen molar-refractivity contribution in [3.63, 3.8) is 0 Å². The number of cyclic esters (lactones) is 1. The van der Waals surface area contributed by atoms with Gasteiger partial charge in [-0.05, 0) is 56.0 Å². The van der Waals surface area contributed by atoms with Crippen LogP contribution in [0, 0.1) is 0 Å². The van der Waals surface area contributed by atoms with Crippen molar-refractivity contribution in [1.29, 1.82) is 0 Å². The molecule has 0 bridgehead atoms. The first-order chi connectivity index (χ1) is 14.5. The fourth-order valence-electron chi connectivity index (χ4n) is 3.98. The van der Waals surface area contributed by atoms with E-state index in [0.29, 0.717) is 19.4 Å². The molecular formula is C24H27NO5. The van der Waals surface area contributed by atoms with Crippen LogP contribution >= 0.6 is 0 Å². The second-order valence-corrected chi connectivity index (χ2v) is 7.99. The summed E-state index contributed by atoms with van der Waals surface area (Å²) in [5.41, 5.74) is 1.41. The lowest BCUT2D eigenvalue weighted by atomic mass is 9.90. The summed E-state index contributed by atoms with van der Waals surface area (Å²) in [4.78, 5) is 14.8. The Kier molecular flexibility index (Phi) is 5.57. The number of para-hydroxylation sites is 1. The Morgan fingerprint density at radius 1 is 1.10 bits per heavy atom. The van der Waals surface area contributed by atoms with Gasteiger partial charge in [0.05, 0.1) is 0 Å². The van der Waals surface area contributed by atoms with Gasteiger partial charge >= 0.3 is 5.97 Å².